The Morgan fingerprint density at radius 3 is 2.52 bits per heavy atom. The molecule has 0 aliphatic carbocycles. The van der Waals surface area contributed by atoms with Crippen molar-refractivity contribution in [2.75, 3.05) is 31.7 Å². The van der Waals surface area contributed by atoms with Gasteiger partial charge in [0.05, 0.1) is 18.8 Å². The zero-order valence-electron chi connectivity index (χ0n) is 13.6. The molecule has 124 valence electrons. The predicted molar refractivity (Wildman–Crippen MR) is 86.4 cm³/mol. The van der Waals surface area contributed by atoms with Crippen LogP contribution in [0.3, 0.4) is 0 Å². The molecule has 1 aromatic heterocycles. The molecule has 1 aliphatic rings. The molecule has 0 saturated carbocycles. The maximum Gasteiger partial charge on any atom is 0.245 e. The third-order valence-corrected chi connectivity index (χ3v) is 4.64. The molecule has 1 N–H and O–H groups in total. The number of hydrogen-bond acceptors (Lipinski definition) is 6. The fourth-order valence-electron chi connectivity index (χ4n) is 2.94. The summed E-state index contributed by atoms with van der Waals surface area (Å²) < 4.78 is 7.32. The number of piperidine rings is 1. The molecule has 1 aliphatic heterocycles. The van der Waals surface area contributed by atoms with Gasteiger partial charge in [-0.25, -0.2) is 4.68 Å². The van der Waals surface area contributed by atoms with Gasteiger partial charge in [-0.15, -0.1) is 0 Å². The number of methoxy groups -OCH3 is 1. The van der Waals surface area contributed by atoms with Crippen molar-refractivity contribution in [1.29, 1.82) is 0 Å². The number of ether oxygens (including phenoxy) is 1. The Balaban J connectivity index is 1.71. The van der Waals surface area contributed by atoms with Crippen LogP contribution < -0.4 is 4.90 Å². The predicted octanol–water partition coefficient (Wildman–Crippen LogP) is 1.01. The van der Waals surface area contributed by atoms with E-state index in [1.165, 1.54) is 11.1 Å². The number of nitrogens with zero attached hydrogens (tertiary/aromatic N) is 5. The minimum Gasteiger partial charge on any atom is -0.393 e. The molecule has 0 radical (unpaired) electrons. The average molecular weight is 317 g/mol. The second kappa shape index (κ2) is 6.64. The lowest BCUT2D eigenvalue weighted by Gasteiger charge is -2.39. The molecule has 2 heterocycles. The molecule has 7 nitrogen and oxygen atoms in total. The lowest BCUT2D eigenvalue weighted by molar-refractivity contribution is -0.0674. The van der Waals surface area contributed by atoms with Crippen LogP contribution in [-0.2, 0) is 11.3 Å². The van der Waals surface area contributed by atoms with Crippen LogP contribution in [0.15, 0.2) is 24.3 Å². The molecular weight excluding hydrogens is 294 g/mol. The van der Waals surface area contributed by atoms with Crippen LogP contribution in [0.2, 0.25) is 0 Å². The van der Waals surface area contributed by atoms with E-state index >= 15 is 0 Å². The van der Waals surface area contributed by atoms with Crippen LogP contribution in [0.1, 0.15) is 24.0 Å². The minimum absolute atomic E-state index is 0.0473. The van der Waals surface area contributed by atoms with E-state index in [9.17, 15) is 5.11 Å². The van der Waals surface area contributed by atoms with Crippen molar-refractivity contribution in [2.45, 2.75) is 31.9 Å². The summed E-state index contributed by atoms with van der Waals surface area (Å²) in [6.07, 6.45) is 1.52. The maximum atomic E-state index is 9.54. The van der Waals surface area contributed by atoms with Crippen LogP contribution in [0.4, 0.5) is 5.95 Å². The van der Waals surface area contributed by atoms with Gasteiger partial charge in [0.2, 0.25) is 5.95 Å². The highest BCUT2D eigenvalue weighted by Gasteiger charge is 2.35. The van der Waals surface area contributed by atoms with Gasteiger partial charge in [0.1, 0.15) is 0 Å². The van der Waals surface area contributed by atoms with Gasteiger partial charge in [0, 0.05) is 20.2 Å². The quantitative estimate of drug-likeness (QED) is 0.887. The van der Waals surface area contributed by atoms with Gasteiger partial charge in [0.15, 0.2) is 0 Å². The Bertz CT molecular complexity index is 626. The lowest BCUT2D eigenvalue weighted by Crippen LogP contribution is -2.48. The smallest absolute Gasteiger partial charge is 0.245 e. The normalized spacial score (nSPS) is 17.4. The second-order valence-electron chi connectivity index (χ2n) is 6.15. The number of rotatable bonds is 5. The van der Waals surface area contributed by atoms with Crippen LogP contribution in [0.25, 0.3) is 0 Å². The Kier molecular flexibility index (Phi) is 4.58. The molecule has 0 spiro atoms. The molecule has 7 heteroatoms. The number of aromatic nitrogens is 4. The molecule has 0 bridgehead atoms. The third kappa shape index (κ3) is 3.35. The number of hydrogen-bond donors (Lipinski definition) is 1. The van der Waals surface area contributed by atoms with Crippen LogP contribution in [0, 0.1) is 6.92 Å². The number of tetrazole rings is 1. The summed E-state index contributed by atoms with van der Waals surface area (Å²) in [5, 5.41) is 21.7. The fourth-order valence-corrected chi connectivity index (χ4v) is 2.94. The largest absolute Gasteiger partial charge is 0.393 e. The summed E-state index contributed by atoms with van der Waals surface area (Å²) in [4.78, 5) is 2.15. The summed E-state index contributed by atoms with van der Waals surface area (Å²) >= 11 is 0. The Hall–Kier alpha value is -1.99. The summed E-state index contributed by atoms with van der Waals surface area (Å²) in [6, 6.07) is 8.38. The van der Waals surface area contributed by atoms with Gasteiger partial charge in [-0.3, -0.25) is 0 Å². The van der Waals surface area contributed by atoms with Gasteiger partial charge in [0.25, 0.3) is 0 Å². The zero-order valence-corrected chi connectivity index (χ0v) is 13.6. The second-order valence-corrected chi connectivity index (χ2v) is 6.15. The number of aryl methyl sites for hydroxylation is 1. The first-order valence-electron chi connectivity index (χ1n) is 7.88. The molecule has 2 aromatic rings. The molecular formula is C16H23N5O2. The van der Waals surface area contributed by atoms with Crippen molar-refractivity contribution >= 4 is 5.95 Å². The van der Waals surface area contributed by atoms with Crippen LogP contribution in [-0.4, -0.2) is 57.7 Å². The number of benzene rings is 1. The molecule has 23 heavy (non-hydrogen) atoms. The summed E-state index contributed by atoms with van der Waals surface area (Å²) in [5.41, 5.74) is 1.98. The average Bonchev–Trinajstić information content (AvgIpc) is 3.05. The fraction of sp³-hybridized carbons (Fsp3) is 0.562. The summed E-state index contributed by atoms with van der Waals surface area (Å²) in [7, 11) is 1.66. The molecule has 3 rings (SSSR count). The van der Waals surface area contributed by atoms with Crippen molar-refractivity contribution < 1.29 is 9.84 Å². The Labute approximate surface area is 135 Å². The van der Waals surface area contributed by atoms with Crippen molar-refractivity contribution in [1.82, 2.24) is 20.2 Å². The highest BCUT2D eigenvalue weighted by Crippen LogP contribution is 2.27. The van der Waals surface area contributed by atoms with Crippen LogP contribution >= 0.6 is 0 Å². The van der Waals surface area contributed by atoms with Crippen molar-refractivity contribution in [3.05, 3.63) is 35.4 Å². The van der Waals surface area contributed by atoms with Gasteiger partial charge >= 0.3 is 0 Å². The van der Waals surface area contributed by atoms with E-state index < -0.39 is 5.60 Å². The first-order valence-corrected chi connectivity index (χ1v) is 7.88. The summed E-state index contributed by atoms with van der Waals surface area (Å²) in [5.74, 6) is 0.771. The highest BCUT2D eigenvalue weighted by atomic mass is 16.5. The molecule has 0 atom stereocenters. The van der Waals surface area contributed by atoms with Gasteiger partial charge in [-0.1, -0.05) is 34.9 Å². The van der Waals surface area contributed by atoms with E-state index in [0.29, 0.717) is 6.54 Å². The number of aliphatic hydroxyl groups is 1. The molecule has 1 fully saturated rings. The van der Waals surface area contributed by atoms with Crippen molar-refractivity contribution in [3.8, 4) is 0 Å². The van der Waals surface area contributed by atoms with Gasteiger partial charge in [-0.05, 0) is 35.8 Å². The highest BCUT2D eigenvalue weighted by molar-refractivity contribution is 5.31. The van der Waals surface area contributed by atoms with E-state index in [0.717, 1.165) is 31.9 Å². The van der Waals surface area contributed by atoms with E-state index in [1.807, 2.05) is 4.68 Å². The first kappa shape index (κ1) is 15.9. The lowest BCUT2D eigenvalue weighted by atomic mass is 9.92. The van der Waals surface area contributed by atoms with Gasteiger partial charge in [-0.2, -0.15) is 0 Å². The number of aliphatic hydroxyl groups excluding tert-OH is 1. The standard InChI is InChI=1S/C16H23N5O2/c1-13-3-5-14(6-4-13)11-21-15(17-18-19-21)20-9-7-16(12-22,23-2)8-10-20/h3-6,22H,7-12H2,1-2H3. The van der Waals surface area contributed by atoms with E-state index in [-0.39, 0.29) is 6.61 Å². The van der Waals surface area contributed by atoms with Crippen LogP contribution in [0.5, 0.6) is 0 Å². The van der Waals surface area contributed by atoms with E-state index in [1.54, 1.807) is 7.11 Å². The maximum absolute atomic E-state index is 9.54. The summed E-state index contributed by atoms with van der Waals surface area (Å²) in [6.45, 7) is 4.30. The Morgan fingerprint density at radius 1 is 1.22 bits per heavy atom. The molecule has 1 saturated heterocycles. The zero-order chi connectivity index (χ0) is 16.3. The Morgan fingerprint density at radius 2 is 1.91 bits per heavy atom. The van der Waals surface area contributed by atoms with E-state index in [4.69, 9.17) is 4.74 Å². The molecule has 1 aromatic carbocycles. The number of anilines is 1. The van der Waals surface area contributed by atoms with E-state index in [2.05, 4.69) is 51.6 Å². The van der Waals surface area contributed by atoms with Crippen molar-refractivity contribution in [2.24, 2.45) is 0 Å². The SMILES string of the molecule is COC1(CO)CCN(c2nnnn2Cc2ccc(C)cc2)CC1. The van der Waals surface area contributed by atoms with Crippen molar-refractivity contribution in [3.63, 3.8) is 0 Å². The third-order valence-electron chi connectivity index (χ3n) is 4.64. The monoisotopic (exact) mass is 317 g/mol. The van der Waals surface area contributed by atoms with Gasteiger partial charge < -0.3 is 14.7 Å². The minimum atomic E-state index is -0.425. The topological polar surface area (TPSA) is 76.3 Å². The molecule has 0 unspecified atom stereocenters. The molecule has 0 amide bonds. The first-order chi connectivity index (χ1) is 11.2.